The first-order valence-electron chi connectivity index (χ1n) is 3.77. The summed E-state index contributed by atoms with van der Waals surface area (Å²) in [6.07, 6.45) is 0. The monoisotopic (exact) mass is 314 g/mol. The number of rotatable bonds is 2. The van der Waals surface area contributed by atoms with Crippen LogP contribution in [0.1, 0.15) is 10.4 Å². The number of carboxylic acids is 1. The normalized spacial score (nSPS) is 9.75. The predicted molar refractivity (Wildman–Crippen MR) is 46.5 cm³/mol. The number of fused-ring (bicyclic) bond motifs is 1. The van der Waals surface area contributed by atoms with E-state index in [1.807, 2.05) is 0 Å². The first-order valence-corrected chi connectivity index (χ1v) is 3.77. The third-order valence-electron chi connectivity index (χ3n) is 1.84. The summed E-state index contributed by atoms with van der Waals surface area (Å²) >= 11 is 0. The molecule has 0 aliphatic rings. The van der Waals surface area contributed by atoms with Crippen molar-refractivity contribution in [3.63, 3.8) is 0 Å². The zero-order valence-corrected chi connectivity index (χ0v) is 8.90. The summed E-state index contributed by atoms with van der Waals surface area (Å²) in [4.78, 5) is 20.6. The SMILES string of the molecule is O=C(O)c1c([N+](=O)[O-])ccc2[n-]nnc12.[Ag+]. The molecule has 0 aliphatic carbocycles. The van der Waals surface area contributed by atoms with Gasteiger partial charge in [-0.1, -0.05) is 6.07 Å². The molecule has 9 heteroatoms. The minimum absolute atomic E-state index is 0. The molecule has 0 atom stereocenters. The van der Waals surface area contributed by atoms with E-state index in [0.717, 1.165) is 6.07 Å². The number of carbonyl (C=O) groups is 1. The van der Waals surface area contributed by atoms with Crippen molar-refractivity contribution in [3.8, 4) is 0 Å². The number of hydrogen-bond acceptors (Lipinski definition) is 5. The van der Waals surface area contributed by atoms with E-state index in [4.69, 9.17) is 5.11 Å². The van der Waals surface area contributed by atoms with Gasteiger partial charge in [-0.15, -0.1) is 0 Å². The van der Waals surface area contributed by atoms with Crippen molar-refractivity contribution >= 4 is 22.7 Å². The van der Waals surface area contributed by atoms with E-state index in [2.05, 4.69) is 15.4 Å². The molecule has 16 heavy (non-hydrogen) atoms. The Labute approximate surface area is 103 Å². The molecule has 2 aromatic rings. The van der Waals surface area contributed by atoms with Crippen LogP contribution >= 0.6 is 0 Å². The van der Waals surface area contributed by atoms with Crippen molar-refractivity contribution in [1.82, 2.24) is 15.4 Å². The Kier molecular flexibility index (Phi) is 3.38. The van der Waals surface area contributed by atoms with E-state index in [-0.39, 0.29) is 33.4 Å². The summed E-state index contributed by atoms with van der Waals surface area (Å²) in [7, 11) is 0. The molecule has 0 saturated heterocycles. The second kappa shape index (κ2) is 4.39. The van der Waals surface area contributed by atoms with Crippen LogP contribution in [0.15, 0.2) is 12.1 Å². The fourth-order valence-corrected chi connectivity index (χ4v) is 1.23. The van der Waals surface area contributed by atoms with Gasteiger partial charge in [-0.25, -0.2) is 4.79 Å². The van der Waals surface area contributed by atoms with Crippen molar-refractivity contribution in [1.29, 1.82) is 0 Å². The fourth-order valence-electron chi connectivity index (χ4n) is 1.23. The van der Waals surface area contributed by atoms with Crippen LogP contribution in [0.4, 0.5) is 5.69 Å². The molecule has 0 fully saturated rings. The maximum absolute atomic E-state index is 10.8. The smallest absolute Gasteiger partial charge is 0.477 e. The number of nitro groups is 1. The largest absolute Gasteiger partial charge is 1.00 e. The van der Waals surface area contributed by atoms with Crippen LogP contribution in [-0.4, -0.2) is 26.3 Å². The van der Waals surface area contributed by atoms with Crippen LogP contribution in [0.25, 0.3) is 11.0 Å². The van der Waals surface area contributed by atoms with Gasteiger partial charge in [-0.05, 0) is 5.52 Å². The molecule has 0 saturated carbocycles. The van der Waals surface area contributed by atoms with Crippen molar-refractivity contribution < 1.29 is 37.2 Å². The van der Waals surface area contributed by atoms with E-state index in [0.29, 0.717) is 0 Å². The average molecular weight is 315 g/mol. The van der Waals surface area contributed by atoms with Gasteiger partial charge >= 0.3 is 28.3 Å². The van der Waals surface area contributed by atoms with Gasteiger partial charge in [0.05, 0.1) is 4.92 Å². The zero-order valence-electron chi connectivity index (χ0n) is 7.42. The first-order chi connectivity index (χ1) is 7.11. The van der Waals surface area contributed by atoms with Gasteiger partial charge in [-0.3, -0.25) is 15.3 Å². The molecule has 0 unspecified atom stereocenters. The minimum atomic E-state index is -1.42. The van der Waals surface area contributed by atoms with Crippen LogP contribution in [0.3, 0.4) is 0 Å². The van der Waals surface area contributed by atoms with Crippen molar-refractivity contribution in [2.24, 2.45) is 0 Å². The van der Waals surface area contributed by atoms with E-state index in [9.17, 15) is 14.9 Å². The average Bonchev–Trinajstić information content (AvgIpc) is 2.62. The van der Waals surface area contributed by atoms with Gasteiger partial charge in [0, 0.05) is 11.6 Å². The molecule has 0 radical (unpaired) electrons. The molecular formula is C7H3AgN4O4. The van der Waals surface area contributed by atoms with Crippen LogP contribution in [0.5, 0.6) is 0 Å². The van der Waals surface area contributed by atoms with Gasteiger partial charge < -0.3 is 15.3 Å². The first kappa shape index (κ1) is 12.3. The van der Waals surface area contributed by atoms with Crippen molar-refractivity contribution in [2.75, 3.05) is 0 Å². The second-order valence-corrected chi connectivity index (χ2v) is 2.68. The zero-order chi connectivity index (χ0) is 11.0. The molecular weight excluding hydrogens is 312 g/mol. The third-order valence-corrected chi connectivity index (χ3v) is 1.84. The maximum atomic E-state index is 10.8. The molecule has 0 aliphatic heterocycles. The molecule has 86 valence electrons. The number of hydrogen-bond donors (Lipinski definition) is 1. The van der Waals surface area contributed by atoms with Gasteiger partial charge in [0.2, 0.25) is 0 Å². The Hall–Kier alpha value is -1.77. The summed E-state index contributed by atoms with van der Waals surface area (Å²) in [6.45, 7) is 0. The Balaban J connectivity index is 0.00000128. The second-order valence-electron chi connectivity index (χ2n) is 2.68. The summed E-state index contributed by atoms with van der Waals surface area (Å²) in [5, 5.41) is 29.6. The van der Waals surface area contributed by atoms with Crippen LogP contribution in [0.2, 0.25) is 0 Å². The Morgan fingerprint density at radius 1 is 1.50 bits per heavy atom. The summed E-state index contributed by atoms with van der Waals surface area (Å²) in [5.74, 6) is -1.42. The number of nitrogens with zero attached hydrogens (tertiary/aromatic N) is 4. The molecule has 8 nitrogen and oxygen atoms in total. The number of carboxylic acid groups (broad SMARTS) is 1. The molecule has 0 bridgehead atoms. The van der Waals surface area contributed by atoms with Gasteiger partial charge in [0.1, 0.15) is 5.56 Å². The predicted octanol–water partition coefficient (Wildman–Crippen LogP) is 0.191. The molecule has 2 rings (SSSR count). The molecule has 0 spiro atoms. The van der Waals surface area contributed by atoms with E-state index in [1.165, 1.54) is 6.07 Å². The van der Waals surface area contributed by atoms with Gasteiger partial charge in [0.25, 0.3) is 5.69 Å². The van der Waals surface area contributed by atoms with Crippen LogP contribution < -0.4 is 5.10 Å². The minimum Gasteiger partial charge on any atom is -0.477 e. The van der Waals surface area contributed by atoms with E-state index in [1.54, 1.807) is 0 Å². The fraction of sp³-hybridized carbons (Fsp3) is 0. The molecule has 0 amide bonds. The van der Waals surface area contributed by atoms with Gasteiger partial charge in [0.15, 0.2) is 0 Å². The summed E-state index contributed by atoms with van der Waals surface area (Å²) in [6, 6.07) is 2.38. The molecule has 1 aromatic heterocycles. The number of aromatic carboxylic acids is 1. The third kappa shape index (κ3) is 1.81. The van der Waals surface area contributed by atoms with Crippen LogP contribution in [0, 0.1) is 10.1 Å². The number of benzene rings is 1. The van der Waals surface area contributed by atoms with Crippen LogP contribution in [-0.2, 0) is 22.4 Å². The van der Waals surface area contributed by atoms with Crippen molar-refractivity contribution in [2.45, 2.75) is 0 Å². The number of nitro benzene ring substituents is 1. The summed E-state index contributed by atoms with van der Waals surface area (Å²) in [5.41, 5.74) is -0.852. The molecule has 1 N–H and O–H groups in total. The van der Waals surface area contributed by atoms with Gasteiger partial charge in [-0.2, -0.15) is 0 Å². The van der Waals surface area contributed by atoms with E-state index >= 15 is 0 Å². The Bertz CT molecular complexity index is 567. The van der Waals surface area contributed by atoms with E-state index < -0.39 is 22.1 Å². The quantitative estimate of drug-likeness (QED) is 0.477. The summed E-state index contributed by atoms with van der Waals surface area (Å²) < 4.78 is 0. The Morgan fingerprint density at radius 2 is 2.19 bits per heavy atom. The molecule has 1 aromatic carbocycles. The number of aromatic nitrogens is 3. The Morgan fingerprint density at radius 3 is 2.75 bits per heavy atom. The van der Waals surface area contributed by atoms with Crippen molar-refractivity contribution in [3.05, 3.63) is 27.8 Å². The standard InChI is InChI=1S/C7H4N4O4.Ag/c12-7(13)5-4(11(14)15)2-1-3-6(5)9-10-8-3;/h1-2H,(H2,8,9,10,12,13);/q;+1/p-1. The molecule has 1 heterocycles. The maximum Gasteiger partial charge on any atom is 1.00 e. The topological polar surface area (TPSA) is 120 Å².